The molecule has 0 spiro atoms. The summed E-state index contributed by atoms with van der Waals surface area (Å²) < 4.78 is 0. The number of amides is 1. The normalized spacial score (nSPS) is 12.3. The van der Waals surface area contributed by atoms with Crippen molar-refractivity contribution in [3.63, 3.8) is 0 Å². The molecule has 0 aliphatic rings. The van der Waals surface area contributed by atoms with Crippen molar-refractivity contribution in [1.82, 2.24) is 10.4 Å². The summed E-state index contributed by atoms with van der Waals surface area (Å²) >= 11 is 1.51. The number of hydrazone groups is 1. The van der Waals surface area contributed by atoms with Crippen LogP contribution in [0.3, 0.4) is 0 Å². The number of carbonyl (C=O) groups is 1. The molecule has 0 aliphatic heterocycles. The Kier molecular flexibility index (Phi) is 5.51. The van der Waals surface area contributed by atoms with E-state index in [-0.39, 0.29) is 11.2 Å². The first-order chi connectivity index (χ1) is 10.1. The van der Waals surface area contributed by atoms with Gasteiger partial charge in [-0.3, -0.25) is 9.78 Å². The van der Waals surface area contributed by atoms with Crippen molar-refractivity contribution < 1.29 is 4.79 Å². The maximum absolute atomic E-state index is 11.9. The molecule has 1 atom stereocenters. The number of rotatable bonds is 5. The number of nitrogens with one attached hydrogen (secondary N) is 1. The molecular weight excluding hydrogens is 282 g/mol. The van der Waals surface area contributed by atoms with Crippen molar-refractivity contribution in [3.8, 4) is 0 Å². The van der Waals surface area contributed by atoms with E-state index in [0.29, 0.717) is 0 Å². The van der Waals surface area contributed by atoms with Crippen LogP contribution in [-0.2, 0) is 4.79 Å². The molecule has 0 aliphatic carbocycles. The predicted molar refractivity (Wildman–Crippen MR) is 86.5 cm³/mol. The molecule has 0 unspecified atom stereocenters. The van der Waals surface area contributed by atoms with Crippen LogP contribution in [0.1, 0.15) is 18.1 Å². The Bertz CT molecular complexity index is 611. The van der Waals surface area contributed by atoms with E-state index in [1.807, 2.05) is 50.2 Å². The summed E-state index contributed by atoms with van der Waals surface area (Å²) in [7, 11) is 0. The second-order valence-corrected chi connectivity index (χ2v) is 6.01. The number of aryl methyl sites for hydroxylation is 1. The topological polar surface area (TPSA) is 54.4 Å². The number of nitrogens with zero attached hydrogens (tertiary/aromatic N) is 2. The first-order valence-electron chi connectivity index (χ1n) is 6.61. The molecule has 0 radical (unpaired) electrons. The molecule has 0 fully saturated rings. The highest BCUT2D eigenvalue weighted by atomic mass is 32.2. The smallest absolute Gasteiger partial charge is 0.253 e. The van der Waals surface area contributed by atoms with Gasteiger partial charge < -0.3 is 0 Å². The minimum absolute atomic E-state index is 0.124. The van der Waals surface area contributed by atoms with Gasteiger partial charge in [-0.05, 0) is 32.0 Å². The molecule has 4 nitrogen and oxygen atoms in total. The molecule has 5 heteroatoms. The van der Waals surface area contributed by atoms with E-state index in [2.05, 4.69) is 15.5 Å². The molecule has 0 saturated heterocycles. The van der Waals surface area contributed by atoms with Gasteiger partial charge >= 0.3 is 0 Å². The van der Waals surface area contributed by atoms with E-state index in [0.717, 1.165) is 10.5 Å². The third kappa shape index (κ3) is 5.04. The molecule has 2 rings (SSSR count). The van der Waals surface area contributed by atoms with Crippen LogP contribution in [0.25, 0.3) is 0 Å². The van der Waals surface area contributed by atoms with E-state index < -0.39 is 0 Å². The van der Waals surface area contributed by atoms with Gasteiger partial charge in [0.05, 0.1) is 11.5 Å². The van der Waals surface area contributed by atoms with Gasteiger partial charge in [-0.2, -0.15) is 5.10 Å². The van der Waals surface area contributed by atoms with E-state index in [1.54, 1.807) is 18.6 Å². The van der Waals surface area contributed by atoms with Gasteiger partial charge in [-0.25, -0.2) is 5.43 Å². The standard InChI is InChI=1S/C16H17N3OS/c1-12-5-7-15(8-6-12)21-13(2)16(20)19-18-11-14-4-3-9-17-10-14/h3-11,13H,1-2H3,(H,19,20)/b18-11-/t13-/m1/s1. The molecule has 0 bridgehead atoms. The fourth-order valence-electron chi connectivity index (χ4n) is 1.59. The number of hydrogen-bond donors (Lipinski definition) is 1. The van der Waals surface area contributed by atoms with Gasteiger partial charge in [0.1, 0.15) is 0 Å². The Balaban J connectivity index is 1.85. The average Bonchev–Trinajstić information content (AvgIpc) is 2.50. The van der Waals surface area contributed by atoms with Crippen LogP contribution in [0.4, 0.5) is 0 Å². The average molecular weight is 299 g/mol. The lowest BCUT2D eigenvalue weighted by Crippen LogP contribution is -2.26. The van der Waals surface area contributed by atoms with Crippen molar-refractivity contribution in [2.24, 2.45) is 5.10 Å². The second-order valence-electron chi connectivity index (χ2n) is 4.59. The maximum atomic E-state index is 11.9. The number of benzene rings is 1. The van der Waals surface area contributed by atoms with Gasteiger partial charge in [0, 0.05) is 22.9 Å². The summed E-state index contributed by atoms with van der Waals surface area (Å²) in [5, 5.41) is 3.73. The minimum atomic E-state index is -0.209. The lowest BCUT2D eigenvalue weighted by Gasteiger charge is -2.09. The molecule has 1 heterocycles. The van der Waals surface area contributed by atoms with Crippen molar-refractivity contribution >= 4 is 23.9 Å². The van der Waals surface area contributed by atoms with Crippen LogP contribution in [0.2, 0.25) is 0 Å². The first kappa shape index (κ1) is 15.3. The van der Waals surface area contributed by atoms with Gasteiger partial charge in [0.15, 0.2) is 0 Å². The largest absolute Gasteiger partial charge is 0.272 e. The van der Waals surface area contributed by atoms with Crippen molar-refractivity contribution in [2.75, 3.05) is 0 Å². The molecule has 1 aromatic carbocycles. The number of hydrogen-bond acceptors (Lipinski definition) is 4. The van der Waals surface area contributed by atoms with Crippen LogP contribution in [-0.4, -0.2) is 22.4 Å². The summed E-state index contributed by atoms with van der Waals surface area (Å²) in [5.41, 5.74) is 4.59. The predicted octanol–water partition coefficient (Wildman–Crippen LogP) is 3.02. The molecule has 21 heavy (non-hydrogen) atoms. The Hall–Kier alpha value is -2.14. The minimum Gasteiger partial charge on any atom is -0.272 e. The molecule has 2 aromatic rings. The summed E-state index contributed by atoms with van der Waals surface area (Å²) in [6.07, 6.45) is 4.95. The summed E-state index contributed by atoms with van der Waals surface area (Å²) in [5.74, 6) is -0.124. The summed E-state index contributed by atoms with van der Waals surface area (Å²) in [6.45, 7) is 3.90. The molecule has 0 saturated carbocycles. The quantitative estimate of drug-likeness (QED) is 0.524. The van der Waals surface area contributed by atoms with Gasteiger partial charge in [0.25, 0.3) is 5.91 Å². The number of carbonyl (C=O) groups excluding carboxylic acids is 1. The van der Waals surface area contributed by atoms with Crippen LogP contribution < -0.4 is 5.43 Å². The molecule has 1 aromatic heterocycles. The van der Waals surface area contributed by atoms with Crippen LogP contribution in [0.5, 0.6) is 0 Å². The van der Waals surface area contributed by atoms with E-state index >= 15 is 0 Å². The van der Waals surface area contributed by atoms with E-state index in [4.69, 9.17) is 0 Å². The van der Waals surface area contributed by atoms with E-state index in [1.165, 1.54) is 17.3 Å². The van der Waals surface area contributed by atoms with Gasteiger partial charge in [-0.15, -0.1) is 11.8 Å². The van der Waals surface area contributed by atoms with Crippen molar-refractivity contribution in [3.05, 3.63) is 59.9 Å². The fourth-order valence-corrected chi connectivity index (χ4v) is 2.45. The molecule has 1 amide bonds. The number of aromatic nitrogens is 1. The monoisotopic (exact) mass is 299 g/mol. The van der Waals surface area contributed by atoms with Crippen LogP contribution in [0.15, 0.2) is 58.8 Å². The fraction of sp³-hybridized carbons (Fsp3) is 0.188. The Labute approximate surface area is 128 Å². The summed E-state index contributed by atoms with van der Waals surface area (Å²) in [6, 6.07) is 11.8. The first-order valence-corrected chi connectivity index (χ1v) is 7.49. The van der Waals surface area contributed by atoms with Crippen molar-refractivity contribution in [1.29, 1.82) is 0 Å². The zero-order valence-electron chi connectivity index (χ0n) is 12.0. The summed E-state index contributed by atoms with van der Waals surface area (Å²) in [4.78, 5) is 17.0. The zero-order chi connectivity index (χ0) is 15.1. The van der Waals surface area contributed by atoms with Gasteiger partial charge in [0.2, 0.25) is 0 Å². The SMILES string of the molecule is Cc1ccc(S[C@H](C)C(=O)N/N=C\c2cccnc2)cc1. The third-order valence-corrected chi connectivity index (χ3v) is 3.89. The molecular formula is C16H17N3OS. The van der Waals surface area contributed by atoms with Crippen LogP contribution >= 0.6 is 11.8 Å². The highest BCUT2D eigenvalue weighted by Crippen LogP contribution is 2.23. The Morgan fingerprint density at radius 3 is 2.76 bits per heavy atom. The molecule has 108 valence electrons. The highest BCUT2D eigenvalue weighted by Gasteiger charge is 2.13. The molecule has 1 N–H and O–H groups in total. The van der Waals surface area contributed by atoms with Gasteiger partial charge in [-0.1, -0.05) is 23.8 Å². The maximum Gasteiger partial charge on any atom is 0.253 e. The highest BCUT2D eigenvalue weighted by molar-refractivity contribution is 8.00. The number of thioether (sulfide) groups is 1. The second kappa shape index (κ2) is 7.59. The Morgan fingerprint density at radius 1 is 1.33 bits per heavy atom. The van der Waals surface area contributed by atoms with Crippen LogP contribution in [0, 0.1) is 6.92 Å². The number of pyridine rings is 1. The Morgan fingerprint density at radius 2 is 2.10 bits per heavy atom. The van der Waals surface area contributed by atoms with E-state index in [9.17, 15) is 4.79 Å². The van der Waals surface area contributed by atoms with Crippen molar-refractivity contribution in [2.45, 2.75) is 24.0 Å². The zero-order valence-corrected chi connectivity index (χ0v) is 12.8. The third-order valence-electron chi connectivity index (χ3n) is 2.78. The lowest BCUT2D eigenvalue weighted by atomic mass is 10.2. The lowest BCUT2D eigenvalue weighted by molar-refractivity contribution is -0.120.